The summed E-state index contributed by atoms with van der Waals surface area (Å²) >= 11 is 11.1. The minimum atomic E-state index is -0.250. The molecule has 2 rings (SSSR count). The molecular weight excluding hydrogens is 295 g/mol. The highest BCUT2D eigenvalue weighted by Crippen LogP contribution is 2.27. The number of nitrogens with one attached hydrogen (secondary N) is 1. The third-order valence-corrected chi connectivity index (χ3v) is 3.54. The molecule has 0 aliphatic heterocycles. The zero-order chi connectivity index (χ0) is 14.7. The van der Waals surface area contributed by atoms with E-state index in [1.165, 1.54) is 12.1 Å². The standard InChI is InChI=1S/C15H14ClFN2S/c1-9(10-2-5-12(17)6-3-10)19-14-7-4-11(15(18)20)8-13(14)16/h2-9,19H,1H3,(H2,18,20). The van der Waals surface area contributed by atoms with Crippen molar-refractivity contribution in [2.75, 3.05) is 5.32 Å². The van der Waals surface area contributed by atoms with Gasteiger partial charge in [-0.15, -0.1) is 0 Å². The Hall–Kier alpha value is -1.65. The molecule has 5 heteroatoms. The predicted molar refractivity (Wildman–Crippen MR) is 85.8 cm³/mol. The molecule has 1 atom stereocenters. The van der Waals surface area contributed by atoms with Crippen LogP contribution >= 0.6 is 23.8 Å². The quantitative estimate of drug-likeness (QED) is 0.828. The highest BCUT2D eigenvalue weighted by Gasteiger charge is 2.09. The highest BCUT2D eigenvalue weighted by molar-refractivity contribution is 7.80. The second-order valence-corrected chi connectivity index (χ2v) is 5.32. The number of thiocarbonyl (C=S) groups is 1. The first-order chi connectivity index (χ1) is 9.47. The van der Waals surface area contributed by atoms with E-state index >= 15 is 0 Å². The number of hydrogen-bond donors (Lipinski definition) is 2. The molecule has 0 bridgehead atoms. The van der Waals surface area contributed by atoms with Gasteiger partial charge in [0.25, 0.3) is 0 Å². The van der Waals surface area contributed by atoms with Crippen molar-refractivity contribution in [3.8, 4) is 0 Å². The average Bonchev–Trinajstić information content (AvgIpc) is 2.41. The van der Waals surface area contributed by atoms with Gasteiger partial charge >= 0.3 is 0 Å². The fourth-order valence-electron chi connectivity index (χ4n) is 1.85. The molecule has 0 heterocycles. The Kier molecular flexibility index (Phi) is 4.57. The molecule has 0 fully saturated rings. The van der Waals surface area contributed by atoms with Gasteiger partial charge in [-0.05, 0) is 42.8 Å². The normalized spacial score (nSPS) is 11.9. The lowest BCUT2D eigenvalue weighted by atomic mass is 10.1. The molecule has 0 aromatic heterocycles. The molecule has 0 aliphatic carbocycles. The van der Waals surface area contributed by atoms with E-state index in [9.17, 15) is 4.39 Å². The first-order valence-corrected chi connectivity index (χ1v) is 6.87. The summed E-state index contributed by atoms with van der Waals surface area (Å²) < 4.78 is 12.9. The number of rotatable bonds is 4. The lowest BCUT2D eigenvalue weighted by Gasteiger charge is -2.17. The molecule has 0 aliphatic rings. The number of hydrogen-bond acceptors (Lipinski definition) is 2. The molecule has 20 heavy (non-hydrogen) atoms. The minimum Gasteiger partial charge on any atom is -0.389 e. The van der Waals surface area contributed by atoms with E-state index in [0.29, 0.717) is 10.0 Å². The Morgan fingerprint density at radius 1 is 1.25 bits per heavy atom. The summed E-state index contributed by atoms with van der Waals surface area (Å²) in [5.74, 6) is -0.250. The number of benzene rings is 2. The van der Waals surface area contributed by atoms with Crippen LogP contribution in [0.15, 0.2) is 42.5 Å². The first kappa shape index (κ1) is 14.8. The van der Waals surface area contributed by atoms with Crippen LogP contribution in [0.25, 0.3) is 0 Å². The SMILES string of the molecule is CC(Nc1ccc(C(N)=S)cc1Cl)c1ccc(F)cc1. The molecule has 0 amide bonds. The second kappa shape index (κ2) is 6.20. The maximum atomic E-state index is 12.9. The van der Waals surface area contributed by atoms with E-state index in [-0.39, 0.29) is 11.9 Å². The van der Waals surface area contributed by atoms with Crippen molar-refractivity contribution in [3.05, 3.63) is 64.4 Å². The van der Waals surface area contributed by atoms with Crippen LogP contribution in [-0.2, 0) is 0 Å². The Bertz CT molecular complexity index is 628. The van der Waals surface area contributed by atoms with Gasteiger partial charge < -0.3 is 11.1 Å². The van der Waals surface area contributed by atoms with Crippen molar-refractivity contribution in [1.29, 1.82) is 0 Å². The fraction of sp³-hybridized carbons (Fsp3) is 0.133. The van der Waals surface area contributed by atoms with E-state index in [1.54, 1.807) is 18.2 Å². The Morgan fingerprint density at radius 3 is 2.45 bits per heavy atom. The van der Waals surface area contributed by atoms with Crippen LogP contribution in [-0.4, -0.2) is 4.99 Å². The van der Waals surface area contributed by atoms with E-state index in [1.807, 2.05) is 19.1 Å². The van der Waals surface area contributed by atoms with Crippen LogP contribution in [0.3, 0.4) is 0 Å². The second-order valence-electron chi connectivity index (χ2n) is 4.48. The monoisotopic (exact) mass is 308 g/mol. The van der Waals surface area contributed by atoms with Crippen molar-refractivity contribution in [1.82, 2.24) is 0 Å². The van der Waals surface area contributed by atoms with E-state index in [2.05, 4.69) is 5.32 Å². The predicted octanol–water partition coefficient (Wildman–Crippen LogP) is 4.29. The van der Waals surface area contributed by atoms with Crippen molar-refractivity contribution in [2.24, 2.45) is 5.73 Å². The van der Waals surface area contributed by atoms with Gasteiger partial charge in [0.2, 0.25) is 0 Å². The van der Waals surface area contributed by atoms with Crippen LogP contribution < -0.4 is 11.1 Å². The Labute approximate surface area is 127 Å². The summed E-state index contributed by atoms with van der Waals surface area (Å²) in [6.07, 6.45) is 0. The van der Waals surface area contributed by atoms with Gasteiger partial charge in [0.15, 0.2) is 0 Å². The minimum absolute atomic E-state index is 0.00350. The lowest BCUT2D eigenvalue weighted by molar-refractivity contribution is 0.626. The van der Waals surface area contributed by atoms with Gasteiger partial charge in [-0.2, -0.15) is 0 Å². The number of halogens is 2. The molecule has 1 unspecified atom stereocenters. The van der Waals surface area contributed by atoms with Crippen LogP contribution in [0.2, 0.25) is 5.02 Å². The maximum absolute atomic E-state index is 12.9. The van der Waals surface area contributed by atoms with Gasteiger partial charge in [-0.3, -0.25) is 0 Å². The van der Waals surface area contributed by atoms with Crippen molar-refractivity contribution in [2.45, 2.75) is 13.0 Å². The molecule has 2 nitrogen and oxygen atoms in total. The van der Waals surface area contributed by atoms with E-state index < -0.39 is 0 Å². The van der Waals surface area contributed by atoms with Gasteiger partial charge in [0.1, 0.15) is 10.8 Å². The fourth-order valence-corrected chi connectivity index (χ4v) is 2.22. The van der Waals surface area contributed by atoms with Crippen molar-refractivity contribution >= 4 is 34.5 Å². The Morgan fingerprint density at radius 2 is 1.90 bits per heavy atom. The smallest absolute Gasteiger partial charge is 0.123 e. The summed E-state index contributed by atoms with van der Waals surface area (Å²) in [5.41, 5.74) is 8.04. The van der Waals surface area contributed by atoms with Crippen molar-refractivity contribution < 1.29 is 4.39 Å². The molecule has 0 saturated carbocycles. The summed E-state index contributed by atoms with van der Waals surface area (Å²) in [7, 11) is 0. The lowest BCUT2D eigenvalue weighted by Crippen LogP contribution is -2.10. The molecule has 104 valence electrons. The summed E-state index contributed by atoms with van der Waals surface area (Å²) in [4.78, 5) is 0.310. The van der Waals surface area contributed by atoms with Crippen LogP contribution in [0.4, 0.5) is 10.1 Å². The molecule has 0 saturated heterocycles. The van der Waals surface area contributed by atoms with Crippen LogP contribution in [0, 0.1) is 5.82 Å². The molecule has 0 radical (unpaired) electrons. The summed E-state index contributed by atoms with van der Waals surface area (Å²) in [6, 6.07) is 11.7. The topological polar surface area (TPSA) is 38.0 Å². The Balaban J connectivity index is 2.17. The van der Waals surface area contributed by atoms with Gasteiger partial charge in [0, 0.05) is 11.6 Å². The number of anilines is 1. The van der Waals surface area contributed by atoms with Gasteiger partial charge in [0.05, 0.1) is 10.7 Å². The third-order valence-electron chi connectivity index (χ3n) is 3.00. The number of nitrogens with two attached hydrogens (primary N) is 1. The molecule has 3 N–H and O–H groups in total. The van der Waals surface area contributed by atoms with Gasteiger partial charge in [-0.25, -0.2) is 4.39 Å². The van der Waals surface area contributed by atoms with Crippen LogP contribution in [0.5, 0.6) is 0 Å². The van der Waals surface area contributed by atoms with E-state index in [4.69, 9.17) is 29.6 Å². The zero-order valence-electron chi connectivity index (χ0n) is 10.9. The van der Waals surface area contributed by atoms with Gasteiger partial charge in [-0.1, -0.05) is 36.0 Å². The molecule has 2 aromatic rings. The maximum Gasteiger partial charge on any atom is 0.123 e. The third kappa shape index (κ3) is 3.46. The van der Waals surface area contributed by atoms with Crippen molar-refractivity contribution in [3.63, 3.8) is 0 Å². The molecule has 0 spiro atoms. The molecule has 2 aromatic carbocycles. The summed E-state index contributed by atoms with van der Waals surface area (Å²) in [5, 5.41) is 3.82. The largest absolute Gasteiger partial charge is 0.389 e. The highest BCUT2D eigenvalue weighted by atomic mass is 35.5. The molecular formula is C15H14ClFN2S. The zero-order valence-corrected chi connectivity index (χ0v) is 12.4. The summed E-state index contributed by atoms with van der Waals surface area (Å²) in [6.45, 7) is 1.98. The average molecular weight is 309 g/mol. The van der Waals surface area contributed by atoms with E-state index in [0.717, 1.165) is 16.8 Å². The van der Waals surface area contributed by atoms with Crippen LogP contribution in [0.1, 0.15) is 24.1 Å². The first-order valence-electron chi connectivity index (χ1n) is 6.08.